The van der Waals surface area contributed by atoms with Gasteiger partial charge in [0.2, 0.25) is 0 Å². The predicted molar refractivity (Wildman–Crippen MR) is 103 cm³/mol. The van der Waals surface area contributed by atoms with Gasteiger partial charge in [0.15, 0.2) is 15.0 Å². The second-order valence-electron chi connectivity index (χ2n) is 6.54. The Morgan fingerprint density at radius 1 is 1.27 bits per heavy atom. The van der Waals surface area contributed by atoms with Gasteiger partial charge in [0.05, 0.1) is 10.6 Å². The molecule has 0 bridgehead atoms. The number of rotatable bonds is 6. The second kappa shape index (κ2) is 8.45. The smallest absolute Gasteiger partial charge is 0.187 e. The number of sulfone groups is 1. The lowest BCUT2D eigenvalue weighted by molar-refractivity contribution is 0.197. The second-order valence-corrected chi connectivity index (χ2v) is 9.76. The van der Waals surface area contributed by atoms with Gasteiger partial charge in [0.25, 0.3) is 0 Å². The van der Waals surface area contributed by atoms with Crippen LogP contribution in [0.3, 0.4) is 0 Å². The molecule has 8 heteroatoms. The van der Waals surface area contributed by atoms with Gasteiger partial charge in [-0.05, 0) is 37.3 Å². The lowest BCUT2D eigenvalue weighted by Crippen LogP contribution is -2.34. The predicted octanol–water partition coefficient (Wildman–Crippen LogP) is 2.77. The van der Waals surface area contributed by atoms with Crippen LogP contribution in [-0.4, -0.2) is 53.4 Å². The van der Waals surface area contributed by atoms with E-state index in [0.717, 1.165) is 48.9 Å². The number of likely N-dealkylation sites (tertiary alicyclic amines) is 1. The van der Waals surface area contributed by atoms with Crippen molar-refractivity contribution < 1.29 is 8.42 Å². The standard InChI is InChI=1S/C18H24N4O2S2/c1-3-25-18-20-10-14(11-21-18)12-22-9-5-6-15(13-22)17-16(26(2,23)24)7-4-8-19-17/h4,7-8,10-11,15H,3,5-6,9,12-13H2,1-2H3. The summed E-state index contributed by atoms with van der Waals surface area (Å²) in [6, 6.07) is 3.35. The average Bonchev–Trinajstić information content (AvgIpc) is 2.63. The molecule has 140 valence electrons. The summed E-state index contributed by atoms with van der Waals surface area (Å²) in [5, 5.41) is 0.805. The zero-order valence-corrected chi connectivity index (χ0v) is 16.8. The van der Waals surface area contributed by atoms with Crippen molar-refractivity contribution in [3.8, 4) is 0 Å². The van der Waals surface area contributed by atoms with E-state index < -0.39 is 9.84 Å². The molecule has 1 atom stereocenters. The van der Waals surface area contributed by atoms with Gasteiger partial charge in [-0.25, -0.2) is 18.4 Å². The maximum atomic E-state index is 12.1. The Bertz CT molecular complexity index is 841. The number of hydrogen-bond donors (Lipinski definition) is 0. The van der Waals surface area contributed by atoms with E-state index in [2.05, 4.69) is 26.8 Å². The number of pyridine rings is 1. The van der Waals surface area contributed by atoms with Gasteiger partial charge in [0.1, 0.15) is 0 Å². The Labute approximate surface area is 159 Å². The molecule has 3 rings (SSSR count). The van der Waals surface area contributed by atoms with E-state index in [9.17, 15) is 8.42 Å². The Kier molecular flexibility index (Phi) is 6.26. The van der Waals surface area contributed by atoms with Gasteiger partial charge in [-0.15, -0.1) is 0 Å². The van der Waals surface area contributed by atoms with E-state index in [1.165, 1.54) is 6.26 Å². The molecule has 1 saturated heterocycles. The molecule has 6 nitrogen and oxygen atoms in total. The summed E-state index contributed by atoms with van der Waals surface area (Å²) in [5.74, 6) is 1.09. The summed E-state index contributed by atoms with van der Waals surface area (Å²) in [6.07, 6.45) is 8.69. The van der Waals surface area contributed by atoms with Crippen LogP contribution < -0.4 is 0 Å². The number of thioether (sulfide) groups is 1. The van der Waals surface area contributed by atoms with Gasteiger partial charge >= 0.3 is 0 Å². The van der Waals surface area contributed by atoms with Crippen molar-refractivity contribution in [2.45, 2.75) is 42.3 Å². The van der Waals surface area contributed by atoms with E-state index in [-0.39, 0.29) is 5.92 Å². The van der Waals surface area contributed by atoms with Crippen molar-refractivity contribution in [2.24, 2.45) is 0 Å². The Morgan fingerprint density at radius 2 is 2.04 bits per heavy atom. The summed E-state index contributed by atoms with van der Waals surface area (Å²) in [7, 11) is -3.27. The third-order valence-corrected chi connectivity index (χ3v) is 6.35. The molecular weight excluding hydrogens is 368 g/mol. The Hall–Kier alpha value is -1.51. The first-order valence-electron chi connectivity index (χ1n) is 8.78. The number of nitrogens with zero attached hydrogens (tertiary/aromatic N) is 4. The van der Waals surface area contributed by atoms with Crippen LogP contribution in [0.1, 0.15) is 36.9 Å². The number of hydrogen-bond acceptors (Lipinski definition) is 7. The highest BCUT2D eigenvalue weighted by atomic mass is 32.2. The molecule has 0 amide bonds. The van der Waals surface area contributed by atoms with Crippen molar-refractivity contribution in [3.05, 3.63) is 42.0 Å². The first kappa shape index (κ1) is 19.3. The number of piperidine rings is 1. The minimum Gasteiger partial charge on any atom is -0.298 e. The van der Waals surface area contributed by atoms with Crippen LogP contribution in [0.15, 0.2) is 40.8 Å². The Morgan fingerprint density at radius 3 is 2.73 bits per heavy atom. The zero-order chi connectivity index (χ0) is 18.6. The third kappa shape index (κ3) is 4.81. The first-order valence-corrected chi connectivity index (χ1v) is 11.7. The molecule has 2 aromatic rings. The van der Waals surface area contributed by atoms with Crippen LogP contribution in [0, 0.1) is 0 Å². The molecule has 2 aromatic heterocycles. The molecule has 0 N–H and O–H groups in total. The van der Waals surface area contributed by atoms with Crippen LogP contribution >= 0.6 is 11.8 Å². The van der Waals surface area contributed by atoms with Crippen LogP contribution in [0.4, 0.5) is 0 Å². The largest absolute Gasteiger partial charge is 0.298 e. The topological polar surface area (TPSA) is 76.1 Å². The molecule has 0 saturated carbocycles. The summed E-state index contributed by atoms with van der Waals surface area (Å²) in [5.41, 5.74) is 1.78. The van der Waals surface area contributed by atoms with E-state index in [0.29, 0.717) is 10.6 Å². The van der Waals surface area contributed by atoms with Crippen molar-refractivity contribution in [2.75, 3.05) is 25.1 Å². The molecule has 26 heavy (non-hydrogen) atoms. The van der Waals surface area contributed by atoms with Crippen molar-refractivity contribution in [1.29, 1.82) is 0 Å². The van der Waals surface area contributed by atoms with Crippen LogP contribution in [0.25, 0.3) is 0 Å². The minimum atomic E-state index is -3.27. The Balaban J connectivity index is 1.72. The molecule has 1 aliphatic rings. The van der Waals surface area contributed by atoms with E-state index in [4.69, 9.17) is 0 Å². The van der Waals surface area contributed by atoms with Gasteiger partial charge < -0.3 is 0 Å². The molecule has 1 unspecified atom stereocenters. The fourth-order valence-electron chi connectivity index (χ4n) is 3.33. The molecule has 0 aliphatic carbocycles. The molecule has 0 aromatic carbocycles. The van der Waals surface area contributed by atoms with Crippen molar-refractivity contribution >= 4 is 21.6 Å². The third-order valence-electron chi connectivity index (χ3n) is 4.45. The van der Waals surface area contributed by atoms with E-state index in [1.54, 1.807) is 30.1 Å². The highest BCUT2D eigenvalue weighted by Gasteiger charge is 2.27. The highest BCUT2D eigenvalue weighted by molar-refractivity contribution is 7.99. The molecule has 0 radical (unpaired) electrons. The lowest BCUT2D eigenvalue weighted by Gasteiger charge is -2.32. The average molecular weight is 393 g/mol. The van der Waals surface area contributed by atoms with Crippen molar-refractivity contribution in [3.63, 3.8) is 0 Å². The normalized spacial score (nSPS) is 18.8. The van der Waals surface area contributed by atoms with Gasteiger partial charge in [0, 0.05) is 49.4 Å². The quantitative estimate of drug-likeness (QED) is 0.553. The fraction of sp³-hybridized carbons (Fsp3) is 0.500. The first-order chi connectivity index (χ1) is 12.5. The summed E-state index contributed by atoms with van der Waals surface area (Å²) in [6.45, 7) is 4.64. The molecule has 3 heterocycles. The van der Waals surface area contributed by atoms with Gasteiger partial charge in [-0.3, -0.25) is 9.88 Å². The van der Waals surface area contributed by atoms with Gasteiger partial charge in [-0.1, -0.05) is 18.7 Å². The molecule has 0 spiro atoms. The molecular formula is C18H24N4O2S2. The van der Waals surface area contributed by atoms with E-state index >= 15 is 0 Å². The number of aromatic nitrogens is 3. The van der Waals surface area contributed by atoms with Crippen LogP contribution in [-0.2, 0) is 16.4 Å². The van der Waals surface area contributed by atoms with Gasteiger partial charge in [-0.2, -0.15) is 0 Å². The monoisotopic (exact) mass is 392 g/mol. The maximum absolute atomic E-state index is 12.1. The minimum absolute atomic E-state index is 0.130. The highest BCUT2D eigenvalue weighted by Crippen LogP contribution is 2.30. The maximum Gasteiger partial charge on any atom is 0.187 e. The van der Waals surface area contributed by atoms with Crippen LogP contribution in [0.5, 0.6) is 0 Å². The summed E-state index contributed by atoms with van der Waals surface area (Å²) >= 11 is 1.63. The SMILES string of the molecule is CCSc1ncc(CN2CCCC(c3ncccc3S(C)(=O)=O)C2)cn1. The van der Waals surface area contributed by atoms with Crippen molar-refractivity contribution in [1.82, 2.24) is 19.9 Å². The van der Waals surface area contributed by atoms with Crippen LogP contribution in [0.2, 0.25) is 0 Å². The fourth-order valence-corrected chi connectivity index (χ4v) is 4.77. The lowest BCUT2D eigenvalue weighted by atomic mass is 9.94. The summed E-state index contributed by atoms with van der Waals surface area (Å²) < 4.78 is 24.2. The molecule has 1 aliphatic heterocycles. The van der Waals surface area contributed by atoms with E-state index in [1.807, 2.05) is 12.4 Å². The zero-order valence-electron chi connectivity index (χ0n) is 15.1. The summed E-state index contributed by atoms with van der Waals surface area (Å²) in [4.78, 5) is 15.9. The molecule has 1 fully saturated rings.